The highest BCUT2D eigenvalue weighted by Gasteiger charge is 2.37. The average molecular weight is 242 g/mol. The predicted octanol–water partition coefficient (Wildman–Crippen LogP) is 1.51. The fraction of sp³-hybridized carbons (Fsp3) is 0.636. The monoisotopic (exact) mass is 242 g/mol. The van der Waals surface area contributed by atoms with E-state index < -0.39 is 6.10 Å². The maximum Gasteiger partial charge on any atom is 0.177 e. The van der Waals surface area contributed by atoms with Gasteiger partial charge in [0.25, 0.3) is 0 Å². The molecule has 0 aromatic carbocycles. The molecule has 2 rings (SSSR count). The second-order valence-electron chi connectivity index (χ2n) is 3.96. The molecule has 4 nitrogen and oxygen atoms in total. The highest BCUT2D eigenvalue weighted by Crippen LogP contribution is 2.39. The third-order valence-corrected chi connectivity index (χ3v) is 3.82. The highest BCUT2D eigenvalue weighted by atomic mass is 31.1. The van der Waals surface area contributed by atoms with Gasteiger partial charge in [-0.25, -0.2) is 0 Å². The van der Waals surface area contributed by atoms with Crippen LogP contribution in [0.15, 0.2) is 24.3 Å². The molecule has 5 heteroatoms. The van der Waals surface area contributed by atoms with E-state index in [9.17, 15) is 9.67 Å². The number of allylic oxidation sites excluding steroid dienone is 1. The van der Waals surface area contributed by atoms with Crippen LogP contribution < -0.4 is 0 Å². The molecule has 0 unspecified atom stereocenters. The van der Waals surface area contributed by atoms with Gasteiger partial charge in [0.2, 0.25) is 0 Å². The lowest BCUT2D eigenvalue weighted by molar-refractivity contribution is -0.00317. The Bertz CT molecular complexity index is 309. The first-order valence-electron chi connectivity index (χ1n) is 5.34. The molecule has 3 atom stereocenters. The minimum absolute atomic E-state index is 0.0536. The van der Waals surface area contributed by atoms with Crippen molar-refractivity contribution in [3.8, 4) is 0 Å². The van der Waals surface area contributed by atoms with Crippen LogP contribution in [0.1, 0.15) is 6.42 Å². The van der Waals surface area contributed by atoms with Crippen LogP contribution in [0.2, 0.25) is 0 Å². The second-order valence-corrected chi connectivity index (χ2v) is 4.84. The molecule has 0 bridgehead atoms. The molecule has 1 saturated carbocycles. The highest BCUT2D eigenvalue weighted by molar-refractivity contribution is 7.24. The van der Waals surface area contributed by atoms with Gasteiger partial charge in [-0.15, -0.1) is 6.58 Å². The standard InChI is InChI=1S/C11H15O4P/c1-2-7-8(5-11-14-3-4-15-11)9(12)6-10(7)16-13/h2,5,7,9-12H,1,3-4,6H2/b8-5+/t7-,9+,10-/m1/s1. The van der Waals surface area contributed by atoms with Crippen molar-refractivity contribution in [1.82, 2.24) is 0 Å². The quantitative estimate of drug-likeness (QED) is 0.602. The minimum Gasteiger partial charge on any atom is -0.389 e. The van der Waals surface area contributed by atoms with Crippen LogP contribution in [-0.4, -0.2) is 36.4 Å². The largest absolute Gasteiger partial charge is 0.389 e. The van der Waals surface area contributed by atoms with Crippen molar-refractivity contribution in [3.63, 3.8) is 0 Å². The van der Waals surface area contributed by atoms with Crippen LogP contribution in [0, 0.1) is 5.92 Å². The van der Waals surface area contributed by atoms with Crippen LogP contribution in [0.25, 0.3) is 0 Å². The van der Waals surface area contributed by atoms with Crippen LogP contribution in [0.3, 0.4) is 0 Å². The van der Waals surface area contributed by atoms with Crippen molar-refractivity contribution < 1.29 is 19.1 Å². The molecule has 2 aliphatic rings. The number of rotatable bonds is 3. The molecule has 2 fully saturated rings. The third kappa shape index (κ3) is 2.25. The van der Waals surface area contributed by atoms with E-state index in [0.29, 0.717) is 19.6 Å². The fourth-order valence-corrected chi connectivity index (χ4v) is 2.92. The molecule has 0 aromatic heterocycles. The van der Waals surface area contributed by atoms with Crippen LogP contribution >= 0.6 is 8.46 Å². The Morgan fingerprint density at radius 1 is 1.44 bits per heavy atom. The van der Waals surface area contributed by atoms with Gasteiger partial charge in [0.05, 0.1) is 25.0 Å². The lowest BCUT2D eigenvalue weighted by Gasteiger charge is -2.13. The normalized spacial score (nSPS) is 38.6. The predicted molar refractivity (Wildman–Crippen MR) is 59.5 cm³/mol. The maximum absolute atomic E-state index is 11.0. The van der Waals surface area contributed by atoms with E-state index in [1.807, 2.05) is 0 Å². The summed E-state index contributed by atoms with van der Waals surface area (Å²) >= 11 is 0. The summed E-state index contributed by atoms with van der Waals surface area (Å²) < 4.78 is 21.6. The van der Waals surface area contributed by atoms with Gasteiger partial charge >= 0.3 is 0 Å². The first-order valence-corrected chi connectivity index (χ1v) is 6.22. The third-order valence-electron chi connectivity index (χ3n) is 3.01. The summed E-state index contributed by atoms with van der Waals surface area (Å²) in [6.45, 7) is 4.88. The summed E-state index contributed by atoms with van der Waals surface area (Å²) in [5.41, 5.74) is 0.732. The molecule has 0 amide bonds. The van der Waals surface area contributed by atoms with Gasteiger partial charge in [0.15, 0.2) is 14.8 Å². The Hall–Kier alpha value is -0.540. The summed E-state index contributed by atoms with van der Waals surface area (Å²) in [6.07, 6.45) is 3.07. The summed E-state index contributed by atoms with van der Waals surface area (Å²) in [5, 5.41) is 9.88. The molecular formula is C11H15O4P. The molecule has 0 spiro atoms. The number of aliphatic hydroxyl groups is 1. The molecule has 1 aliphatic carbocycles. The van der Waals surface area contributed by atoms with Crippen LogP contribution in [0.4, 0.5) is 0 Å². The van der Waals surface area contributed by atoms with Crippen molar-refractivity contribution in [2.45, 2.75) is 24.5 Å². The first kappa shape index (κ1) is 11.9. The SMILES string of the molecule is C=C[C@@H]1/C(=C\C2OCCO2)[C@@H](O)C[C@H]1P=O. The molecule has 1 saturated heterocycles. The molecule has 88 valence electrons. The van der Waals surface area contributed by atoms with Crippen molar-refractivity contribution >= 4 is 8.46 Å². The van der Waals surface area contributed by atoms with Gasteiger partial charge < -0.3 is 14.6 Å². The van der Waals surface area contributed by atoms with E-state index in [-0.39, 0.29) is 26.3 Å². The van der Waals surface area contributed by atoms with Gasteiger partial charge in [-0.1, -0.05) is 6.08 Å². The van der Waals surface area contributed by atoms with E-state index in [1.54, 1.807) is 12.2 Å². The van der Waals surface area contributed by atoms with Crippen LogP contribution in [-0.2, 0) is 14.0 Å². The van der Waals surface area contributed by atoms with Gasteiger partial charge in [-0.3, -0.25) is 4.57 Å². The Balaban J connectivity index is 2.17. The van der Waals surface area contributed by atoms with Crippen molar-refractivity contribution in [3.05, 3.63) is 24.3 Å². The number of ether oxygens (including phenoxy) is 2. The molecular weight excluding hydrogens is 227 g/mol. The topological polar surface area (TPSA) is 55.8 Å². The zero-order valence-electron chi connectivity index (χ0n) is 8.91. The first-order chi connectivity index (χ1) is 7.76. The fourth-order valence-electron chi connectivity index (χ4n) is 2.21. The van der Waals surface area contributed by atoms with Gasteiger partial charge in [-0.05, 0) is 18.1 Å². The van der Waals surface area contributed by atoms with E-state index >= 15 is 0 Å². The molecule has 1 N–H and O–H groups in total. The average Bonchev–Trinajstić information content (AvgIpc) is 2.88. The summed E-state index contributed by atoms with van der Waals surface area (Å²) in [6, 6.07) is 0. The molecule has 1 heterocycles. The number of aliphatic hydroxyl groups excluding tert-OH is 1. The van der Waals surface area contributed by atoms with Crippen molar-refractivity contribution in [2.24, 2.45) is 5.92 Å². The van der Waals surface area contributed by atoms with Gasteiger partial charge in [0.1, 0.15) is 0 Å². The lowest BCUT2D eigenvalue weighted by atomic mass is 10.0. The van der Waals surface area contributed by atoms with Crippen molar-refractivity contribution in [2.75, 3.05) is 13.2 Å². The Morgan fingerprint density at radius 3 is 2.69 bits per heavy atom. The maximum atomic E-state index is 11.0. The summed E-state index contributed by atoms with van der Waals surface area (Å²) in [4.78, 5) is 0. The smallest absolute Gasteiger partial charge is 0.177 e. The Kier molecular flexibility index (Phi) is 3.87. The van der Waals surface area contributed by atoms with E-state index in [2.05, 4.69) is 6.58 Å². The second kappa shape index (κ2) is 5.19. The minimum atomic E-state index is -0.567. The van der Waals surface area contributed by atoms with Gasteiger partial charge in [0, 0.05) is 5.92 Å². The van der Waals surface area contributed by atoms with Gasteiger partial charge in [-0.2, -0.15) is 0 Å². The number of hydrogen-bond acceptors (Lipinski definition) is 4. The summed E-state index contributed by atoms with van der Waals surface area (Å²) in [5.74, 6) is -0.0537. The Morgan fingerprint density at radius 2 is 2.12 bits per heavy atom. The molecule has 1 aliphatic heterocycles. The Labute approximate surface area is 96.1 Å². The van der Waals surface area contributed by atoms with Crippen LogP contribution in [0.5, 0.6) is 0 Å². The van der Waals surface area contributed by atoms with E-state index in [4.69, 9.17) is 9.47 Å². The zero-order chi connectivity index (χ0) is 11.5. The molecule has 0 radical (unpaired) electrons. The number of hydrogen-bond donors (Lipinski definition) is 1. The van der Waals surface area contributed by atoms with Crippen molar-refractivity contribution in [1.29, 1.82) is 0 Å². The summed E-state index contributed by atoms with van der Waals surface area (Å²) in [7, 11) is 0.0536. The molecule has 0 aromatic rings. The lowest BCUT2D eigenvalue weighted by Crippen LogP contribution is -2.12. The molecule has 16 heavy (non-hydrogen) atoms. The van der Waals surface area contributed by atoms with E-state index in [0.717, 1.165) is 5.57 Å². The zero-order valence-corrected chi connectivity index (χ0v) is 9.81. The van der Waals surface area contributed by atoms with E-state index in [1.165, 1.54) is 0 Å².